The van der Waals surface area contributed by atoms with E-state index in [9.17, 15) is 9.59 Å². The molecule has 0 aliphatic carbocycles. The monoisotopic (exact) mass is 392 g/mol. The first-order valence-corrected chi connectivity index (χ1v) is 9.76. The molecule has 1 saturated heterocycles. The molecule has 0 radical (unpaired) electrons. The standard InChI is InChI=1S/C22H24N4O3/c1-15-9-10-19(29-2)17(13-15)23-20(27)14-26-18-8-4-3-7-16(18)21(24-26)22(28)25-11-5-6-12-25/h3-4,7-10,13H,5-6,11-12,14H2,1-2H3,(H,23,27). The lowest BCUT2D eigenvalue weighted by atomic mass is 10.2. The minimum atomic E-state index is -0.234. The third-order valence-electron chi connectivity index (χ3n) is 5.18. The van der Waals surface area contributed by atoms with Gasteiger partial charge in [-0.05, 0) is 43.5 Å². The Bertz CT molecular complexity index is 1070. The number of methoxy groups -OCH3 is 1. The van der Waals surface area contributed by atoms with Crippen molar-refractivity contribution in [1.82, 2.24) is 14.7 Å². The third kappa shape index (κ3) is 3.81. The summed E-state index contributed by atoms with van der Waals surface area (Å²) in [5.74, 6) is 0.291. The van der Waals surface area contributed by atoms with Gasteiger partial charge in [0.05, 0.1) is 18.3 Å². The third-order valence-corrected chi connectivity index (χ3v) is 5.18. The number of nitrogens with zero attached hydrogens (tertiary/aromatic N) is 3. The number of fused-ring (bicyclic) bond motifs is 1. The fraction of sp³-hybridized carbons (Fsp3) is 0.318. The van der Waals surface area contributed by atoms with E-state index in [2.05, 4.69) is 10.4 Å². The van der Waals surface area contributed by atoms with Crippen LogP contribution in [0.2, 0.25) is 0 Å². The number of anilines is 1. The summed E-state index contributed by atoms with van der Waals surface area (Å²) in [5.41, 5.74) is 2.80. The summed E-state index contributed by atoms with van der Waals surface area (Å²) in [6.45, 7) is 3.47. The highest BCUT2D eigenvalue weighted by atomic mass is 16.5. The van der Waals surface area contributed by atoms with Crippen molar-refractivity contribution < 1.29 is 14.3 Å². The highest BCUT2D eigenvalue weighted by molar-refractivity contribution is 6.05. The molecule has 29 heavy (non-hydrogen) atoms. The molecule has 0 atom stereocenters. The number of carbonyl (C=O) groups excluding carboxylic acids is 2. The fourth-order valence-electron chi connectivity index (χ4n) is 3.72. The molecule has 0 spiro atoms. The number of carbonyl (C=O) groups is 2. The predicted molar refractivity (Wildman–Crippen MR) is 111 cm³/mol. The van der Waals surface area contributed by atoms with Crippen molar-refractivity contribution in [3.8, 4) is 5.75 Å². The number of likely N-dealkylation sites (tertiary alicyclic amines) is 1. The van der Waals surface area contributed by atoms with E-state index < -0.39 is 0 Å². The molecule has 0 saturated carbocycles. The SMILES string of the molecule is COc1ccc(C)cc1NC(=O)Cn1nc(C(=O)N2CCCC2)c2ccccc21. The van der Waals surface area contributed by atoms with Crippen molar-refractivity contribution in [2.45, 2.75) is 26.3 Å². The van der Waals surface area contributed by atoms with Gasteiger partial charge >= 0.3 is 0 Å². The number of hydrogen-bond acceptors (Lipinski definition) is 4. The molecule has 1 aliphatic heterocycles. The molecule has 1 aromatic heterocycles. The topological polar surface area (TPSA) is 76.5 Å². The number of ether oxygens (including phenoxy) is 1. The van der Waals surface area contributed by atoms with E-state index in [0.717, 1.165) is 42.4 Å². The second kappa shape index (κ2) is 7.95. The van der Waals surface area contributed by atoms with Gasteiger partial charge in [0.15, 0.2) is 5.69 Å². The first-order valence-electron chi connectivity index (χ1n) is 9.76. The number of amides is 2. The van der Waals surface area contributed by atoms with Gasteiger partial charge in [-0.2, -0.15) is 5.10 Å². The van der Waals surface area contributed by atoms with Gasteiger partial charge in [0, 0.05) is 18.5 Å². The first kappa shape index (κ1) is 19.0. The summed E-state index contributed by atoms with van der Waals surface area (Å²) >= 11 is 0. The molecule has 0 bridgehead atoms. The fourth-order valence-corrected chi connectivity index (χ4v) is 3.72. The largest absolute Gasteiger partial charge is 0.495 e. The number of rotatable bonds is 5. The van der Waals surface area contributed by atoms with Gasteiger partial charge in [0.25, 0.3) is 5.91 Å². The molecule has 150 valence electrons. The second-order valence-electron chi connectivity index (χ2n) is 7.27. The molecule has 0 unspecified atom stereocenters. The van der Waals surface area contributed by atoms with Crippen LogP contribution >= 0.6 is 0 Å². The molecule has 2 aromatic carbocycles. The highest BCUT2D eigenvalue weighted by Crippen LogP contribution is 2.26. The number of hydrogen-bond donors (Lipinski definition) is 1. The van der Waals surface area contributed by atoms with Crippen LogP contribution in [0.3, 0.4) is 0 Å². The predicted octanol–water partition coefficient (Wildman–Crippen LogP) is 3.23. The quantitative estimate of drug-likeness (QED) is 0.723. The Morgan fingerprint density at radius 3 is 2.66 bits per heavy atom. The van der Waals surface area contributed by atoms with Crippen molar-refractivity contribution in [3.05, 3.63) is 53.7 Å². The Labute approximate surface area is 169 Å². The zero-order chi connectivity index (χ0) is 20.4. The Morgan fingerprint density at radius 2 is 1.90 bits per heavy atom. The minimum absolute atomic E-state index is 0.00485. The number of aromatic nitrogens is 2. The molecular formula is C22H24N4O3. The molecule has 1 N–H and O–H groups in total. The van der Waals surface area contributed by atoms with E-state index in [4.69, 9.17) is 4.74 Å². The van der Waals surface area contributed by atoms with E-state index >= 15 is 0 Å². The van der Waals surface area contributed by atoms with Gasteiger partial charge in [0.1, 0.15) is 12.3 Å². The van der Waals surface area contributed by atoms with Crippen LogP contribution in [0.25, 0.3) is 10.9 Å². The number of nitrogens with one attached hydrogen (secondary N) is 1. The van der Waals surface area contributed by atoms with Crippen molar-refractivity contribution in [2.75, 3.05) is 25.5 Å². The van der Waals surface area contributed by atoms with Crippen LogP contribution in [0.5, 0.6) is 5.75 Å². The van der Waals surface area contributed by atoms with Gasteiger partial charge in [-0.15, -0.1) is 0 Å². The van der Waals surface area contributed by atoms with Crippen LogP contribution in [0, 0.1) is 6.92 Å². The van der Waals surface area contributed by atoms with Crippen LogP contribution in [0.4, 0.5) is 5.69 Å². The average Bonchev–Trinajstić information content (AvgIpc) is 3.37. The number of aryl methyl sites for hydroxylation is 1. The summed E-state index contributed by atoms with van der Waals surface area (Å²) in [5, 5.41) is 8.17. The van der Waals surface area contributed by atoms with E-state index in [-0.39, 0.29) is 18.4 Å². The van der Waals surface area contributed by atoms with Gasteiger partial charge in [-0.3, -0.25) is 14.3 Å². The van der Waals surface area contributed by atoms with Crippen LogP contribution in [-0.2, 0) is 11.3 Å². The van der Waals surface area contributed by atoms with Crippen molar-refractivity contribution in [1.29, 1.82) is 0 Å². The van der Waals surface area contributed by atoms with Crippen molar-refractivity contribution in [2.24, 2.45) is 0 Å². The Hall–Kier alpha value is -3.35. The van der Waals surface area contributed by atoms with E-state index in [0.29, 0.717) is 17.1 Å². The Kier molecular flexibility index (Phi) is 5.20. The zero-order valence-corrected chi connectivity index (χ0v) is 16.6. The van der Waals surface area contributed by atoms with E-state index in [1.54, 1.807) is 11.8 Å². The summed E-state index contributed by atoms with van der Waals surface area (Å²) in [6.07, 6.45) is 2.04. The molecule has 2 heterocycles. The summed E-state index contributed by atoms with van der Waals surface area (Å²) in [7, 11) is 1.57. The van der Waals surface area contributed by atoms with Crippen LogP contribution in [-0.4, -0.2) is 46.7 Å². The zero-order valence-electron chi connectivity index (χ0n) is 16.6. The molecule has 1 fully saturated rings. The number of para-hydroxylation sites is 1. The smallest absolute Gasteiger partial charge is 0.275 e. The maximum Gasteiger partial charge on any atom is 0.275 e. The van der Waals surface area contributed by atoms with Gasteiger partial charge in [-0.1, -0.05) is 24.3 Å². The Morgan fingerprint density at radius 1 is 1.14 bits per heavy atom. The molecule has 4 rings (SSSR count). The number of benzene rings is 2. The van der Waals surface area contributed by atoms with Crippen molar-refractivity contribution in [3.63, 3.8) is 0 Å². The first-order chi connectivity index (χ1) is 14.1. The summed E-state index contributed by atoms with van der Waals surface area (Å²) in [4.78, 5) is 27.5. The molecule has 1 aliphatic rings. The maximum atomic E-state index is 12.9. The van der Waals surface area contributed by atoms with Crippen LogP contribution < -0.4 is 10.1 Å². The lowest BCUT2D eigenvalue weighted by Crippen LogP contribution is -2.28. The molecule has 7 heteroatoms. The second-order valence-corrected chi connectivity index (χ2v) is 7.27. The molecule has 3 aromatic rings. The minimum Gasteiger partial charge on any atom is -0.495 e. The highest BCUT2D eigenvalue weighted by Gasteiger charge is 2.25. The van der Waals surface area contributed by atoms with Gasteiger partial charge in [-0.25, -0.2) is 0 Å². The molecule has 2 amide bonds. The van der Waals surface area contributed by atoms with E-state index in [1.165, 1.54) is 0 Å². The maximum absolute atomic E-state index is 12.9. The summed E-state index contributed by atoms with van der Waals surface area (Å²) in [6, 6.07) is 13.1. The van der Waals surface area contributed by atoms with E-state index in [1.807, 2.05) is 54.3 Å². The van der Waals surface area contributed by atoms with Crippen molar-refractivity contribution >= 4 is 28.4 Å². The molecular weight excluding hydrogens is 368 g/mol. The van der Waals surface area contributed by atoms with Gasteiger partial charge in [0.2, 0.25) is 5.91 Å². The Balaban J connectivity index is 1.60. The average molecular weight is 392 g/mol. The lowest BCUT2D eigenvalue weighted by Gasteiger charge is -2.13. The normalized spacial score (nSPS) is 13.7. The lowest BCUT2D eigenvalue weighted by molar-refractivity contribution is -0.116. The van der Waals surface area contributed by atoms with Crippen LogP contribution in [0.1, 0.15) is 28.9 Å². The van der Waals surface area contributed by atoms with Crippen LogP contribution in [0.15, 0.2) is 42.5 Å². The molecule has 7 nitrogen and oxygen atoms in total. The summed E-state index contributed by atoms with van der Waals surface area (Å²) < 4.78 is 6.92. The van der Waals surface area contributed by atoms with Gasteiger partial charge < -0.3 is 15.0 Å².